The van der Waals surface area contributed by atoms with Crippen LogP contribution in [0.25, 0.3) is 0 Å². The fourth-order valence-corrected chi connectivity index (χ4v) is 0.885. The molecule has 0 saturated carbocycles. The van der Waals surface area contributed by atoms with Gasteiger partial charge in [0.1, 0.15) is 5.56 Å². The molecule has 1 aromatic rings. The van der Waals surface area contributed by atoms with Crippen LogP contribution in [0.15, 0.2) is 6.20 Å². The number of aromatic carboxylic acids is 1. The van der Waals surface area contributed by atoms with Gasteiger partial charge < -0.3 is 5.11 Å². The monoisotopic (exact) mass is 172 g/mol. The van der Waals surface area contributed by atoms with Crippen molar-refractivity contribution in [2.24, 2.45) is 0 Å². The zero-order valence-electron chi connectivity index (χ0n) is 6.62. The Labute approximate surface area is 68.6 Å². The van der Waals surface area contributed by atoms with Gasteiger partial charge >= 0.3 is 5.97 Å². The fourth-order valence-electron chi connectivity index (χ4n) is 0.885. The maximum atomic E-state index is 12.7. The van der Waals surface area contributed by atoms with E-state index in [-0.39, 0.29) is 5.56 Å². The number of aryl methyl sites for hydroxylation is 1. The van der Waals surface area contributed by atoms with Crippen LogP contribution in [0.1, 0.15) is 23.7 Å². The predicted octanol–water partition coefficient (Wildman–Crippen LogP) is 1.13. The first-order valence-corrected chi connectivity index (χ1v) is 3.61. The minimum Gasteiger partial charge on any atom is -0.477 e. The molecule has 0 radical (unpaired) electrons. The Morgan fingerprint density at radius 3 is 2.92 bits per heavy atom. The largest absolute Gasteiger partial charge is 0.477 e. The molecule has 0 atom stereocenters. The Balaban J connectivity index is 2.92. The Bertz CT molecular complexity index is 296. The number of rotatable bonds is 3. The zero-order chi connectivity index (χ0) is 9.14. The van der Waals surface area contributed by atoms with Gasteiger partial charge in [-0.2, -0.15) is 4.39 Å². The summed E-state index contributed by atoms with van der Waals surface area (Å²) in [7, 11) is 0. The predicted molar refractivity (Wildman–Crippen MR) is 39.4 cm³/mol. The number of aromatic nitrogens is 2. The van der Waals surface area contributed by atoms with Crippen LogP contribution in [0.2, 0.25) is 0 Å². The van der Waals surface area contributed by atoms with Crippen LogP contribution in [0.5, 0.6) is 0 Å². The van der Waals surface area contributed by atoms with E-state index in [1.807, 2.05) is 6.92 Å². The third-order valence-electron chi connectivity index (χ3n) is 1.40. The second-order valence-electron chi connectivity index (χ2n) is 2.40. The van der Waals surface area contributed by atoms with Crippen LogP contribution in [0.4, 0.5) is 4.39 Å². The van der Waals surface area contributed by atoms with Crippen molar-refractivity contribution in [3.63, 3.8) is 0 Å². The number of nitrogens with zero attached hydrogens (tertiary/aromatic N) is 2. The van der Waals surface area contributed by atoms with Crippen molar-refractivity contribution < 1.29 is 14.3 Å². The SMILES string of the molecule is CCCn1cc(C(=O)O)c(F)n1. The van der Waals surface area contributed by atoms with Gasteiger partial charge in [-0.25, -0.2) is 4.79 Å². The second-order valence-corrected chi connectivity index (χ2v) is 2.40. The topological polar surface area (TPSA) is 55.1 Å². The van der Waals surface area contributed by atoms with E-state index in [0.717, 1.165) is 6.42 Å². The van der Waals surface area contributed by atoms with Crippen LogP contribution >= 0.6 is 0 Å². The van der Waals surface area contributed by atoms with Gasteiger partial charge in [0.25, 0.3) is 0 Å². The number of carboxylic acid groups (broad SMARTS) is 1. The molecular weight excluding hydrogens is 163 g/mol. The average molecular weight is 172 g/mol. The first kappa shape index (κ1) is 8.70. The summed E-state index contributed by atoms with van der Waals surface area (Å²) < 4.78 is 14.0. The molecule has 4 nitrogen and oxygen atoms in total. The molecule has 0 amide bonds. The average Bonchev–Trinajstić information content (AvgIpc) is 2.32. The molecule has 1 rings (SSSR count). The van der Waals surface area contributed by atoms with Gasteiger partial charge in [0.05, 0.1) is 0 Å². The third kappa shape index (κ3) is 1.61. The van der Waals surface area contributed by atoms with Crippen molar-refractivity contribution in [1.82, 2.24) is 9.78 Å². The lowest BCUT2D eigenvalue weighted by atomic mass is 10.4. The van der Waals surface area contributed by atoms with E-state index >= 15 is 0 Å². The summed E-state index contributed by atoms with van der Waals surface area (Å²) in [6.07, 6.45) is 1.99. The molecule has 0 saturated heterocycles. The highest BCUT2D eigenvalue weighted by molar-refractivity contribution is 5.87. The van der Waals surface area contributed by atoms with Crippen molar-refractivity contribution in [3.05, 3.63) is 17.7 Å². The number of hydrogen-bond acceptors (Lipinski definition) is 2. The summed E-state index contributed by atoms with van der Waals surface area (Å²) in [5.41, 5.74) is -0.372. The van der Waals surface area contributed by atoms with E-state index < -0.39 is 11.9 Å². The lowest BCUT2D eigenvalue weighted by Crippen LogP contribution is -1.97. The van der Waals surface area contributed by atoms with Crippen molar-refractivity contribution in [1.29, 1.82) is 0 Å². The first-order chi connectivity index (χ1) is 5.65. The molecule has 66 valence electrons. The molecule has 5 heteroatoms. The summed E-state index contributed by atoms with van der Waals surface area (Å²) in [5, 5.41) is 11.8. The molecule has 12 heavy (non-hydrogen) atoms. The zero-order valence-corrected chi connectivity index (χ0v) is 6.62. The number of hydrogen-bond donors (Lipinski definition) is 1. The van der Waals surface area contributed by atoms with E-state index in [0.29, 0.717) is 6.54 Å². The smallest absolute Gasteiger partial charge is 0.342 e. The molecule has 0 spiro atoms. The molecule has 1 N–H and O–H groups in total. The summed E-state index contributed by atoms with van der Waals surface area (Å²) in [6, 6.07) is 0. The van der Waals surface area contributed by atoms with E-state index in [4.69, 9.17) is 5.11 Å². The lowest BCUT2D eigenvalue weighted by Gasteiger charge is -1.93. The van der Waals surface area contributed by atoms with Crippen LogP contribution in [-0.2, 0) is 6.54 Å². The molecule has 0 aliphatic carbocycles. The van der Waals surface area contributed by atoms with Crippen LogP contribution < -0.4 is 0 Å². The second kappa shape index (κ2) is 3.34. The van der Waals surface area contributed by atoms with Gasteiger partial charge in [-0.15, -0.1) is 5.10 Å². The molecule has 0 aliphatic rings. The number of halogens is 1. The van der Waals surface area contributed by atoms with Crippen molar-refractivity contribution in [3.8, 4) is 0 Å². The molecular formula is C7H9FN2O2. The van der Waals surface area contributed by atoms with Gasteiger partial charge in [0, 0.05) is 12.7 Å². The molecule has 1 heterocycles. The fraction of sp³-hybridized carbons (Fsp3) is 0.429. The van der Waals surface area contributed by atoms with Crippen molar-refractivity contribution >= 4 is 5.97 Å². The van der Waals surface area contributed by atoms with Crippen molar-refractivity contribution in [2.45, 2.75) is 19.9 Å². The Kier molecular flexibility index (Phi) is 2.42. The van der Waals surface area contributed by atoms with Gasteiger partial charge in [0.2, 0.25) is 5.95 Å². The highest BCUT2D eigenvalue weighted by Crippen LogP contribution is 2.04. The number of carbonyl (C=O) groups is 1. The van der Waals surface area contributed by atoms with E-state index in [1.165, 1.54) is 10.9 Å². The normalized spacial score (nSPS) is 10.2. The van der Waals surface area contributed by atoms with E-state index in [2.05, 4.69) is 5.10 Å². The van der Waals surface area contributed by atoms with Gasteiger partial charge in [-0.1, -0.05) is 6.92 Å². The first-order valence-electron chi connectivity index (χ1n) is 3.61. The van der Waals surface area contributed by atoms with Crippen LogP contribution in [-0.4, -0.2) is 20.9 Å². The quantitative estimate of drug-likeness (QED) is 0.743. The minimum atomic E-state index is -1.28. The lowest BCUT2D eigenvalue weighted by molar-refractivity contribution is 0.0692. The summed E-state index contributed by atoms with van der Waals surface area (Å²) in [6.45, 7) is 2.43. The van der Waals surface area contributed by atoms with Gasteiger partial charge in [-0.05, 0) is 6.42 Å². The Morgan fingerprint density at radius 1 is 1.83 bits per heavy atom. The van der Waals surface area contributed by atoms with E-state index in [9.17, 15) is 9.18 Å². The Morgan fingerprint density at radius 2 is 2.50 bits per heavy atom. The van der Waals surface area contributed by atoms with Gasteiger partial charge in [-0.3, -0.25) is 4.68 Å². The summed E-state index contributed by atoms with van der Waals surface area (Å²) in [4.78, 5) is 10.3. The summed E-state index contributed by atoms with van der Waals surface area (Å²) in [5.74, 6) is -2.20. The maximum Gasteiger partial charge on any atom is 0.342 e. The van der Waals surface area contributed by atoms with E-state index in [1.54, 1.807) is 0 Å². The maximum absolute atomic E-state index is 12.7. The number of carboxylic acids is 1. The highest BCUT2D eigenvalue weighted by atomic mass is 19.1. The third-order valence-corrected chi connectivity index (χ3v) is 1.40. The minimum absolute atomic E-state index is 0.372. The Hall–Kier alpha value is -1.39. The highest BCUT2D eigenvalue weighted by Gasteiger charge is 2.14. The standard InChI is InChI=1S/C7H9FN2O2/c1-2-3-10-4-5(7(11)12)6(8)9-10/h4H,2-3H2,1H3,(H,11,12). The van der Waals surface area contributed by atoms with Crippen LogP contribution in [0.3, 0.4) is 0 Å². The molecule has 0 unspecified atom stereocenters. The molecule has 1 aromatic heterocycles. The van der Waals surface area contributed by atoms with Gasteiger partial charge in [0.15, 0.2) is 0 Å². The molecule has 0 aliphatic heterocycles. The van der Waals surface area contributed by atoms with Crippen molar-refractivity contribution in [2.75, 3.05) is 0 Å². The molecule has 0 bridgehead atoms. The molecule has 0 aromatic carbocycles. The molecule has 0 fully saturated rings. The van der Waals surface area contributed by atoms with Crippen LogP contribution in [0, 0.1) is 5.95 Å². The summed E-state index contributed by atoms with van der Waals surface area (Å²) >= 11 is 0.